The number of ether oxygens (including phenoxy) is 1. The molecule has 0 saturated carbocycles. The predicted molar refractivity (Wildman–Crippen MR) is 144 cm³/mol. The third-order valence-electron chi connectivity index (χ3n) is 6.76. The summed E-state index contributed by atoms with van der Waals surface area (Å²) in [5, 5.41) is 27.8. The standard InChI is InChI=1S/C26H36BrN5O5/c1-15-8-18(9-23(33)28-15)25(34)31-7-5-6-20(14-31)29-24-21(10-19(27)11-22(24)30(4)36)26(35)32-12-16(2)37-17(3)13-32/h8-11,16-17,20,23,28-29,33,36H,5-7,12-14H2,1-4H3/t16-,17?,20+,23?/m0/s1. The molecule has 3 heterocycles. The largest absolute Gasteiger partial charge is 0.378 e. The maximum absolute atomic E-state index is 13.7. The first-order valence-corrected chi connectivity index (χ1v) is 13.4. The monoisotopic (exact) mass is 577 g/mol. The molecule has 1 aromatic carbocycles. The topological polar surface area (TPSA) is 118 Å². The Morgan fingerprint density at radius 1 is 1.16 bits per heavy atom. The number of morpholine rings is 1. The Labute approximate surface area is 226 Å². The van der Waals surface area contributed by atoms with Gasteiger partial charge < -0.3 is 30.3 Å². The highest BCUT2D eigenvalue weighted by atomic mass is 79.9. The second-order valence-electron chi connectivity index (χ2n) is 10.1. The number of aliphatic hydroxyl groups is 1. The van der Waals surface area contributed by atoms with Gasteiger partial charge in [0.1, 0.15) is 6.23 Å². The van der Waals surface area contributed by atoms with E-state index in [-0.39, 0.29) is 30.1 Å². The number of likely N-dealkylation sites (tertiary alicyclic amines) is 1. The van der Waals surface area contributed by atoms with Crippen molar-refractivity contribution in [3.8, 4) is 0 Å². The van der Waals surface area contributed by atoms with Gasteiger partial charge >= 0.3 is 0 Å². The normalized spacial score (nSPS) is 26.1. The van der Waals surface area contributed by atoms with Gasteiger partial charge in [0, 0.05) is 55.0 Å². The number of hydrogen-bond donors (Lipinski definition) is 4. The van der Waals surface area contributed by atoms with Crippen LogP contribution in [0.2, 0.25) is 0 Å². The molecule has 0 aromatic heterocycles. The molecule has 0 radical (unpaired) electrons. The first-order chi connectivity index (χ1) is 17.5. The van der Waals surface area contributed by atoms with E-state index in [1.807, 2.05) is 13.8 Å². The molecule has 37 heavy (non-hydrogen) atoms. The summed E-state index contributed by atoms with van der Waals surface area (Å²) in [5.74, 6) is -0.290. The number of hydrogen-bond acceptors (Lipinski definition) is 8. The second-order valence-corrected chi connectivity index (χ2v) is 11.0. The van der Waals surface area contributed by atoms with Gasteiger partial charge in [0.25, 0.3) is 11.8 Å². The van der Waals surface area contributed by atoms with E-state index in [9.17, 15) is 19.9 Å². The van der Waals surface area contributed by atoms with Crippen LogP contribution in [0, 0.1) is 0 Å². The molecule has 2 fully saturated rings. The number of amides is 2. The summed E-state index contributed by atoms with van der Waals surface area (Å²) < 4.78 is 6.48. The minimum Gasteiger partial charge on any atom is -0.378 e. The van der Waals surface area contributed by atoms with Crippen molar-refractivity contribution in [2.45, 2.75) is 58.1 Å². The van der Waals surface area contributed by atoms with Gasteiger partial charge in [0.2, 0.25) is 0 Å². The molecule has 2 amide bonds. The Kier molecular flexibility index (Phi) is 8.47. The minimum atomic E-state index is -0.896. The second kappa shape index (κ2) is 11.4. The zero-order chi connectivity index (χ0) is 26.9. The summed E-state index contributed by atoms with van der Waals surface area (Å²) >= 11 is 3.49. The van der Waals surface area contributed by atoms with Gasteiger partial charge in [-0.3, -0.25) is 19.9 Å². The van der Waals surface area contributed by atoms with Crippen molar-refractivity contribution in [3.05, 3.63) is 45.6 Å². The van der Waals surface area contributed by atoms with Gasteiger partial charge in [-0.05, 0) is 57.9 Å². The number of hydroxylamine groups is 1. The summed E-state index contributed by atoms with van der Waals surface area (Å²) in [5.41, 5.74) is 2.60. The lowest BCUT2D eigenvalue weighted by molar-refractivity contribution is -0.127. The van der Waals surface area contributed by atoms with Crippen LogP contribution in [0.1, 0.15) is 44.0 Å². The molecule has 3 aliphatic rings. The van der Waals surface area contributed by atoms with Crippen LogP contribution < -0.4 is 15.7 Å². The zero-order valence-corrected chi connectivity index (χ0v) is 23.3. The van der Waals surface area contributed by atoms with Crippen LogP contribution in [0.3, 0.4) is 0 Å². The quantitative estimate of drug-likeness (QED) is 0.394. The third kappa shape index (κ3) is 6.46. The van der Waals surface area contributed by atoms with Crippen molar-refractivity contribution in [3.63, 3.8) is 0 Å². The lowest BCUT2D eigenvalue weighted by Crippen LogP contribution is -2.49. The smallest absolute Gasteiger partial charge is 0.256 e. The van der Waals surface area contributed by atoms with Crippen LogP contribution in [0.15, 0.2) is 40.0 Å². The average Bonchev–Trinajstić information content (AvgIpc) is 2.82. The minimum absolute atomic E-state index is 0.0744. The van der Waals surface area contributed by atoms with E-state index in [2.05, 4.69) is 26.6 Å². The average molecular weight is 579 g/mol. The molecule has 4 N–H and O–H groups in total. The molecule has 10 nitrogen and oxygen atoms in total. The van der Waals surface area contributed by atoms with Gasteiger partial charge in [-0.1, -0.05) is 15.9 Å². The van der Waals surface area contributed by atoms with Crippen LogP contribution in [0.4, 0.5) is 11.4 Å². The number of rotatable bonds is 5. The molecule has 11 heteroatoms. The van der Waals surface area contributed by atoms with Gasteiger partial charge in [0.15, 0.2) is 0 Å². The maximum Gasteiger partial charge on any atom is 0.256 e. The number of anilines is 2. The molecule has 0 bridgehead atoms. The maximum atomic E-state index is 13.7. The van der Waals surface area contributed by atoms with Crippen LogP contribution in [0.5, 0.6) is 0 Å². The van der Waals surface area contributed by atoms with Crippen molar-refractivity contribution in [2.75, 3.05) is 43.6 Å². The van der Waals surface area contributed by atoms with Crippen LogP contribution in [-0.4, -0.2) is 89.6 Å². The lowest BCUT2D eigenvalue weighted by atomic mass is 10.0. The number of nitrogens with zero attached hydrogens (tertiary/aromatic N) is 3. The summed E-state index contributed by atoms with van der Waals surface area (Å²) in [7, 11) is 1.51. The first-order valence-electron chi connectivity index (χ1n) is 12.6. The van der Waals surface area contributed by atoms with Crippen molar-refractivity contribution in [1.82, 2.24) is 15.1 Å². The van der Waals surface area contributed by atoms with Crippen molar-refractivity contribution < 1.29 is 24.6 Å². The van der Waals surface area contributed by atoms with Gasteiger partial charge in [-0.2, -0.15) is 0 Å². The van der Waals surface area contributed by atoms with Gasteiger partial charge in [0.05, 0.1) is 29.1 Å². The molecule has 4 rings (SSSR count). The van der Waals surface area contributed by atoms with E-state index >= 15 is 0 Å². The molecule has 4 atom stereocenters. The summed E-state index contributed by atoms with van der Waals surface area (Å²) in [6.07, 6.45) is 3.78. The summed E-state index contributed by atoms with van der Waals surface area (Å²) in [6, 6.07) is 3.39. The van der Waals surface area contributed by atoms with Gasteiger partial charge in [-0.15, -0.1) is 0 Å². The number of dihydropyridines is 1. The summed E-state index contributed by atoms with van der Waals surface area (Å²) in [4.78, 5) is 30.5. The van der Waals surface area contributed by atoms with Gasteiger partial charge in [-0.25, -0.2) is 0 Å². The van der Waals surface area contributed by atoms with E-state index < -0.39 is 6.23 Å². The van der Waals surface area contributed by atoms with Crippen molar-refractivity contribution in [2.24, 2.45) is 0 Å². The van der Waals surface area contributed by atoms with E-state index in [1.54, 1.807) is 34.9 Å². The fourth-order valence-electron chi connectivity index (χ4n) is 5.25. The van der Waals surface area contributed by atoms with Crippen molar-refractivity contribution in [1.29, 1.82) is 0 Å². The number of benzene rings is 1. The SMILES string of the molecule is CC1=CC(C(=O)N2CCC[C@@H](Nc3c(C(=O)N4CC(C)O[C@@H](C)C4)cc(Br)cc3N(C)O)C2)=CC(O)N1. The molecular formula is C26H36BrN5O5. The third-order valence-corrected chi connectivity index (χ3v) is 7.22. The number of allylic oxidation sites excluding steroid dienone is 1. The number of aliphatic hydroxyl groups excluding tert-OH is 1. The number of piperidine rings is 1. The first kappa shape index (κ1) is 27.4. The molecular weight excluding hydrogens is 542 g/mol. The Bertz CT molecular complexity index is 1100. The Morgan fingerprint density at radius 2 is 1.86 bits per heavy atom. The van der Waals surface area contributed by atoms with Crippen LogP contribution in [-0.2, 0) is 9.53 Å². The number of nitrogens with one attached hydrogen (secondary N) is 2. The van der Waals surface area contributed by atoms with E-state index in [0.29, 0.717) is 53.2 Å². The molecule has 0 aliphatic carbocycles. The van der Waals surface area contributed by atoms with E-state index in [1.165, 1.54) is 13.1 Å². The molecule has 2 unspecified atom stereocenters. The van der Waals surface area contributed by atoms with E-state index in [0.717, 1.165) is 23.6 Å². The highest BCUT2D eigenvalue weighted by Gasteiger charge is 2.32. The fourth-order valence-corrected chi connectivity index (χ4v) is 5.70. The van der Waals surface area contributed by atoms with E-state index in [4.69, 9.17) is 4.74 Å². The Morgan fingerprint density at radius 3 is 2.51 bits per heavy atom. The Hall–Kier alpha value is -2.60. The number of halogens is 1. The van der Waals surface area contributed by atoms with Crippen LogP contribution in [0.25, 0.3) is 0 Å². The molecule has 2 saturated heterocycles. The fraction of sp³-hybridized carbons (Fsp3) is 0.538. The highest BCUT2D eigenvalue weighted by Crippen LogP contribution is 2.35. The van der Waals surface area contributed by atoms with Crippen LogP contribution >= 0.6 is 15.9 Å². The molecule has 0 spiro atoms. The summed E-state index contributed by atoms with van der Waals surface area (Å²) in [6.45, 7) is 7.69. The highest BCUT2D eigenvalue weighted by molar-refractivity contribution is 9.10. The zero-order valence-electron chi connectivity index (χ0n) is 21.7. The lowest BCUT2D eigenvalue weighted by Gasteiger charge is -2.37. The van der Waals surface area contributed by atoms with Crippen molar-refractivity contribution >= 4 is 39.1 Å². The number of carbonyl (C=O) groups is 2. The number of carbonyl (C=O) groups excluding carboxylic acids is 2. The molecule has 202 valence electrons. The molecule has 1 aromatic rings. The predicted octanol–water partition coefficient (Wildman–Crippen LogP) is 2.68. The Balaban J connectivity index is 1.59. The molecule has 3 aliphatic heterocycles.